The molecule has 2 saturated heterocycles. The molecule has 2 heterocycles. The molecule has 0 atom stereocenters. The Morgan fingerprint density at radius 3 is 2.11 bits per heavy atom. The maximum absolute atomic E-state index is 2.66. The van der Waals surface area contributed by atoms with Gasteiger partial charge in [0.05, 0.1) is 0 Å². The predicted molar refractivity (Wildman–Crippen MR) is 76.3 cm³/mol. The van der Waals surface area contributed by atoms with Crippen LogP contribution in [0.15, 0.2) is 24.3 Å². The van der Waals surface area contributed by atoms with Crippen LogP contribution in [0.1, 0.15) is 5.56 Å². The van der Waals surface area contributed by atoms with Crippen LogP contribution < -0.4 is 4.90 Å². The van der Waals surface area contributed by atoms with Crippen LogP contribution in [0.4, 0.5) is 5.69 Å². The second kappa shape index (κ2) is 4.90. The van der Waals surface area contributed by atoms with Gasteiger partial charge in [-0.1, -0.05) is 17.7 Å². The molecule has 0 bridgehead atoms. The Kier molecular flexibility index (Phi) is 3.27. The van der Waals surface area contributed by atoms with Gasteiger partial charge >= 0.3 is 0 Å². The summed E-state index contributed by atoms with van der Waals surface area (Å²) in [4.78, 5) is 7.57. The molecule has 0 aliphatic carbocycles. The molecule has 18 heavy (non-hydrogen) atoms. The molecule has 0 N–H and O–H groups in total. The van der Waals surface area contributed by atoms with Crippen LogP contribution in [-0.2, 0) is 0 Å². The zero-order chi connectivity index (χ0) is 12.5. The summed E-state index contributed by atoms with van der Waals surface area (Å²) in [6.45, 7) is 9.43. The van der Waals surface area contributed by atoms with Crippen LogP contribution in [0, 0.1) is 6.92 Å². The number of benzene rings is 1. The standard InChI is InChI=1S/C15H23N3/c1-13-3-5-14(6-4-13)17-7-9-18(10-8-17)15-11-16(2)12-15/h3-6,15H,7-12H2,1-2H3. The lowest BCUT2D eigenvalue weighted by Crippen LogP contribution is -2.61. The molecule has 3 heteroatoms. The molecule has 1 aromatic rings. The summed E-state index contributed by atoms with van der Waals surface area (Å²) in [5, 5.41) is 0. The summed E-state index contributed by atoms with van der Waals surface area (Å²) in [5.74, 6) is 0. The molecule has 3 nitrogen and oxygen atoms in total. The van der Waals surface area contributed by atoms with Crippen molar-refractivity contribution in [2.24, 2.45) is 0 Å². The number of likely N-dealkylation sites (tertiary alicyclic amines) is 1. The van der Waals surface area contributed by atoms with Crippen LogP contribution in [-0.4, -0.2) is 62.2 Å². The summed E-state index contributed by atoms with van der Waals surface area (Å²) in [6.07, 6.45) is 0. The second-order valence-corrected chi connectivity index (χ2v) is 5.73. The average Bonchev–Trinajstić information content (AvgIpc) is 2.36. The van der Waals surface area contributed by atoms with Gasteiger partial charge in [0.15, 0.2) is 0 Å². The highest BCUT2D eigenvalue weighted by atomic mass is 15.3. The van der Waals surface area contributed by atoms with Crippen molar-refractivity contribution in [2.45, 2.75) is 13.0 Å². The van der Waals surface area contributed by atoms with Crippen LogP contribution in [0.25, 0.3) is 0 Å². The van der Waals surface area contributed by atoms with Crippen LogP contribution in [0.2, 0.25) is 0 Å². The number of aryl methyl sites for hydroxylation is 1. The number of piperazine rings is 1. The Morgan fingerprint density at radius 2 is 1.56 bits per heavy atom. The topological polar surface area (TPSA) is 9.72 Å². The smallest absolute Gasteiger partial charge is 0.0367 e. The third-order valence-electron chi connectivity index (χ3n) is 4.27. The molecule has 0 amide bonds. The number of hydrogen-bond acceptors (Lipinski definition) is 3. The summed E-state index contributed by atoms with van der Waals surface area (Å²) in [7, 11) is 2.21. The average molecular weight is 245 g/mol. The minimum absolute atomic E-state index is 0.815. The molecule has 2 aliphatic heterocycles. The minimum Gasteiger partial charge on any atom is -0.369 e. The van der Waals surface area contributed by atoms with Crippen LogP contribution in [0.5, 0.6) is 0 Å². The lowest BCUT2D eigenvalue weighted by Gasteiger charge is -2.47. The van der Waals surface area contributed by atoms with Gasteiger partial charge in [-0.15, -0.1) is 0 Å². The number of hydrogen-bond donors (Lipinski definition) is 0. The number of anilines is 1. The molecular weight excluding hydrogens is 222 g/mol. The highest BCUT2D eigenvalue weighted by molar-refractivity contribution is 5.47. The van der Waals surface area contributed by atoms with Crippen molar-refractivity contribution < 1.29 is 0 Å². The van der Waals surface area contributed by atoms with Crippen molar-refractivity contribution >= 4 is 5.69 Å². The van der Waals surface area contributed by atoms with E-state index < -0.39 is 0 Å². The fraction of sp³-hybridized carbons (Fsp3) is 0.600. The molecular formula is C15H23N3. The van der Waals surface area contributed by atoms with Gasteiger partial charge in [-0.3, -0.25) is 4.90 Å². The van der Waals surface area contributed by atoms with E-state index in [1.807, 2.05) is 0 Å². The summed E-state index contributed by atoms with van der Waals surface area (Å²) in [6, 6.07) is 9.74. The molecule has 3 rings (SSSR count). The van der Waals surface area contributed by atoms with Crippen molar-refractivity contribution in [3.8, 4) is 0 Å². The Labute approximate surface area is 110 Å². The third-order valence-corrected chi connectivity index (χ3v) is 4.27. The lowest BCUT2D eigenvalue weighted by atomic mass is 10.1. The van der Waals surface area contributed by atoms with E-state index in [2.05, 4.69) is 52.9 Å². The molecule has 98 valence electrons. The largest absolute Gasteiger partial charge is 0.369 e. The van der Waals surface area contributed by atoms with E-state index in [4.69, 9.17) is 0 Å². The highest BCUT2D eigenvalue weighted by Crippen LogP contribution is 2.20. The summed E-state index contributed by atoms with van der Waals surface area (Å²) in [5.41, 5.74) is 2.72. The Balaban J connectivity index is 1.55. The van der Waals surface area contributed by atoms with Gasteiger partial charge in [-0.25, -0.2) is 0 Å². The molecule has 0 radical (unpaired) electrons. The van der Waals surface area contributed by atoms with Crippen LogP contribution in [0.3, 0.4) is 0 Å². The molecule has 0 aromatic heterocycles. The van der Waals surface area contributed by atoms with E-state index in [-0.39, 0.29) is 0 Å². The van der Waals surface area contributed by atoms with Gasteiger partial charge in [0.25, 0.3) is 0 Å². The van der Waals surface area contributed by atoms with Crippen molar-refractivity contribution in [3.63, 3.8) is 0 Å². The van der Waals surface area contributed by atoms with E-state index in [1.165, 1.54) is 50.5 Å². The second-order valence-electron chi connectivity index (χ2n) is 5.73. The maximum atomic E-state index is 2.66. The van der Waals surface area contributed by atoms with Crippen molar-refractivity contribution in [1.29, 1.82) is 0 Å². The molecule has 0 spiro atoms. The first kappa shape index (κ1) is 12.0. The van der Waals surface area contributed by atoms with Crippen molar-refractivity contribution in [2.75, 3.05) is 51.2 Å². The molecule has 1 aromatic carbocycles. The van der Waals surface area contributed by atoms with E-state index in [0.29, 0.717) is 0 Å². The van der Waals surface area contributed by atoms with Gasteiger partial charge < -0.3 is 9.80 Å². The predicted octanol–water partition coefficient (Wildman–Crippen LogP) is 1.43. The quantitative estimate of drug-likeness (QED) is 0.780. The maximum Gasteiger partial charge on any atom is 0.0367 e. The Morgan fingerprint density at radius 1 is 0.944 bits per heavy atom. The molecule has 2 fully saturated rings. The first-order chi connectivity index (χ1) is 8.72. The van der Waals surface area contributed by atoms with Gasteiger partial charge in [0.1, 0.15) is 0 Å². The Hall–Kier alpha value is -1.06. The van der Waals surface area contributed by atoms with Gasteiger partial charge in [-0.2, -0.15) is 0 Å². The van der Waals surface area contributed by atoms with E-state index in [9.17, 15) is 0 Å². The molecule has 0 unspecified atom stereocenters. The fourth-order valence-electron chi connectivity index (χ4n) is 3.00. The minimum atomic E-state index is 0.815. The Bertz CT molecular complexity index is 387. The van der Waals surface area contributed by atoms with E-state index in [0.717, 1.165) is 6.04 Å². The van der Waals surface area contributed by atoms with Crippen LogP contribution >= 0.6 is 0 Å². The van der Waals surface area contributed by atoms with Gasteiger partial charge in [0, 0.05) is 51.0 Å². The van der Waals surface area contributed by atoms with Crippen molar-refractivity contribution in [3.05, 3.63) is 29.8 Å². The molecule has 0 saturated carbocycles. The zero-order valence-corrected chi connectivity index (χ0v) is 11.5. The number of likely N-dealkylation sites (N-methyl/N-ethyl adjacent to an activating group) is 1. The fourth-order valence-corrected chi connectivity index (χ4v) is 3.00. The van der Waals surface area contributed by atoms with Gasteiger partial charge in [-0.05, 0) is 26.1 Å². The van der Waals surface area contributed by atoms with Gasteiger partial charge in [0.2, 0.25) is 0 Å². The number of rotatable bonds is 2. The van der Waals surface area contributed by atoms with Crippen molar-refractivity contribution in [1.82, 2.24) is 9.80 Å². The SMILES string of the molecule is Cc1ccc(N2CCN(C3CN(C)C3)CC2)cc1. The number of nitrogens with zero attached hydrogens (tertiary/aromatic N) is 3. The normalized spacial score (nSPS) is 23.1. The van der Waals surface area contributed by atoms with E-state index in [1.54, 1.807) is 0 Å². The monoisotopic (exact) mass is 245 g/mol. The first-order valence-electron chi connectivity index (χ1n) is 6.96. The molecule has 2 aliphatic rings. The lowest BCUT2D eigenvalue weighted by molar-refractivity contribution is 0.0488. The van der Waals surface area contributed by atoms with E-state index >= 15 is 0 Å². The summed E-state index contributed by atoms with van der Waals surface area (Å²) < 4.78 is 0. The third kappa shape index (κ3) is 2.38. The highest BCUT2D eigenvalue weighted by Gasteiger charge is 2.31. The summed E-state index contributed by atoms with van der Waals surface area (Å²) >= 11 is 0. The zero-order valence-electron chi connectivity index (χ0n) is 11.5. The first-order valence-corrected chi connectivity index (χ1v) is 6.96.